The topological polar surface area (TPSA) is 73.1 Å². The summed E-state index contributed by atoms with van der Waals surface area (Å²) in [6.45, 7) is 12.5. The second-order valence-electron chi connectivity index (χ2n) is 6.52. The number of aromatic nitrogens is 3. The number of ether oxygens (including phenoxy) is 1. The highest BCUT2D eigenvalue weighted by Gasteiger charge is 2.23. The lowest BCUT2D eigenvalue weighted by Crippen LogP contribution is -2.18. The predicted molar refractivity (Wildman–Crippen MR) is 90.6 cm³/mol. The van der Waals surface area contributed by atoms with Gasteiger partial charge in [-0.1, -0.05) is 25.9 Å². The van der Waals surface area contributed by atoms with Crippen molar-refractivity contribution in [2.75, 3.05) is 25.1 Å². The van der Waals surface area contributed by atoms with E-state index in [1.54, 1.807) is 6.20 Å². The minimum Gasteiger partial charge on any atom is -0.382 e. The van der Waals surface area contributed by atoms with Crippen molar-refractivity contribution in [3.63, 3.8) is 0 Å². The summed E-state index contributed by atoms with van der Waals surface area (Å²) in [6, 6.07) is 1.91. The molecule has 0 amide bonds. The monoisotopic (exact) mass is 318 g/mol. The molecule has 0 aliphatic heterocycles. The maximum absolute atomic E-state index is 5.38. The number of nitrogens with zero attached hydrogens (tertiary/aromatic N) is 3. The lowest BCUT2D eigenvalue weighted by atomic mass is 9.88. The van der Waals surface area contributed by atoms with Crippen molar-refractivity contribution in [2.45, 2.75) is 46.5 Å². The van der Waals surface area contributed by atoms with E-state index in [4.69, 9.17) is 14.2 Å². The van der Waals surface area contributed by atoms with Crippen LogP contribution in [0.3, 0.4) is 0 Å². The van der Waals surface area contributed by atoms with Gasteiger partial charge in [0.2, 0.25) is 5.95 Å². The van der Waals surface area contributed by atoms with Crippen LogP contribution in [0.4, 0.5) is 5.95 Å². The third kappa shape index (κ3) is 4.76. The number of hydrogen-bond donors (Lipinski definition) is 1. The molecular formula is C17H26N4O2. The molecule has 2 aromatic rings. The van der Waals surface area contributed by atoms with E-state index in [2.05, 4.69) is 36.2 Å². The molecule has 0 saturated heterocycles. The van der Waals surface area contributed by atoms with Gasteiger partial charge in [-0.2, -0.15) is 0 Å². The Morgan fingerprint density at radius 2 is 2.09 bits per heavy atom. The average Bonchev–Trinajstić information content (AvgIpc) is 2.92. The van der Waals surface area contributed by atoms with Gasteiger partial charge in [0.1, 0.15) is 0 Å². The number of nitrogens with one attached hydrogen (secondary N) is 1. The Balaban J connectivity index is 2.18. The van der Waals surface area contributed by atoms with E-state index in [0.717, 1.165) is 43.1 Å². The summed E-state index contributed by atoms with van der Waals surface area (Å²) in [6.07, 6.45) is 2.73. The maximum atomic E-state index is 5.38. The summed E-state index contributed by atoms with van der Waals surface area (Å²) in [5, 5.41) is 7.21. The van der Waals surface area contributed by atoms with Crippen LogP contribution in [0.25, 0.3) is 11.3 Å². The van der Waals surface area contributed by atoms with Gasteiger partial charge in [0, 0.05) is 37.4 Å². The van der Waals surface area contributed by atoms with Crippen LogP contribution in [-0.4, -0.2) is 34.9 Å². The van der Waals surface area contributed by atoms with Crippen molar-refractivity contribution in [2.24, 2.45) is 0 Å². The Bertz CT molecular complexity index is 632. The molecule has 0 bridgehead atoms. The van der Waals surface area contributed by atoms with E-state index in [-0.39, 0.29) is 5.41 Å². The van der Waals surface area contributed by atoms with Gasteiger partial charge in [-0.25, -0.2) is 9.97 Å². The Morgan fingerprint density at radius 3 is 2.70 bits per heavy atom. The van der Waals surface area contributed by atoms with Crippen molar-refractivity contribution in [1.29, 1.82) is 0 Å². The van der Waals surface area contributed by atoms with Gasteiger partial charge in [0.15, 0.2) is 5.76 Å². The highest BCUT2D eigenvalue weighted by atomic mass is 16.5. The summed E-state index contributed by atoms with van der Waals surface area (Å²) in [5.74, 6) is 1.33. The molecule has 126 valence electrons. The number of anilines is 1. The molecule has 2 rings (SSSR count). The van der Waals surface area contributed by atoms with Gasteiger partial charge >= 0.3 is 0 Å². The molecule has 6 nitrogen and oxygen atoms in total. The first-order valence-corrected chi connectivity index (χ1v) is 8.04. The maximum Gasteiger partial charge on any atom is 0.222 e. The second-order valence-corrected chi connectivity index (χ2v) is 6.52. The van der Waals surface area contributed by atoms with Crippen molar-refractivity contribution < 1.29 is 9.26 Å². The van der Waals surface area contributed by atoms with Crippen molar-refractivity contribution in [3.05, 3.63) is 23.7 Å². The van der Waals surface area contributed by atoms with Crippen LogP contribution >= 0.6 is 0 Å². The normalized spacial score (nSPS) is 11.7. The SMILES string of the molecule is CCOCCCNc1ncc(-c2cc(C)no2)c(C(C)(C)C)n1. The molecule has 0 fully saturated rings. The van der Waals surface area contributed by atoms with Crippen LogP contribution in [-0.2, 0) is 10.2 Å². The largest absolute Gasteiger partial charge is 0.382 e. The Kier molecular flexibility index (Phi) is 5.71. The molecule has 2 aromatic heterocycles. The van der Waals surface area contributed by atoms with Crippen LogP contribution in [0.15, 0.2) is 16.8 Å². The van der Waals surface area contributed by atoms with Gasteiger partial charge in [-0.3, -0.25) is 0 Å². The van der Waals surface area contributed by atoms with Gasteiger partial charge in [-0.05, 0) is 20.3 Å². The summed E-state index contributed by atoms with van der Waals surface area (Å²) in [5.41, 5.74) is 2.55. The van der Waals surface area contributed by atoms with Crippen LogP contribution in [0.1, 0.15) is 45.5 Å². The molecule has 0 aromatic carbocycles. The Labute approximate surface area is 137 Å². The van der Waals surface area contributed by atoms with Crippen LogP contribution < -0.4 is 5.32 Å². The first kappa shape index (κ1) is 17.4. The zero-order valence-corrected chi connectivity index (χ0v) is 14.6. The predicted octanol–water partition coefficient (Wildman–Crippen LogP) is 3.58. The third-order valence-corrected chi connectivity index (χ3v) is 3.35. The minimum atomic E-state index is -0.124. The second kappa shape index (κ2) is 7.55. The summed E-state index contributed by atoms with van der Waals surface area (Å²) < 4.78 is 10.7. The van der Waals surface area contributed by atoms with Gasteiger partial charge in [-0.15, -0.1) is 0 Å². The van der Waals surface area contributed by atoms with Crippen LogP contribution in [0.2, 0.25) is 0 Å². The number of rotatable bonds is 7. The standard InChI is InChI=1S/C17H26N4O2/c1-6-22-9-7-8-18-16-19-11-13(14-10-12(2)21-23-14)15(20-16)17(3,4)5/h10-11H,6-9H2,1-5H3,(H,18,19,20). The minimum absolute atomic E-state index is 0.124. The summed E-state index contributed by atoms with van der Waals surface area (Å²) >= 11 is 0. The van der Waals surface area contributed by atoms with E-state index in [9.17, 15) is 0 Å². The lowest BCUT2D eigenvalue weighted by Gasteiger charge is -2.21. The lowest BCUT2D eigenvalue weighted by molar-refractivity contribution is 0.147. The molecule has 6 heteroatoms. The smallest absolute Gasteiger partial charge is 0.222 e. The third-order valence-electron chi connectivity index (χ3n) is 3.35. The molecular weight excluding hydrogens is 292 g/mol. The Hall–Kier alpha value is -1.95. The fourth-order valence-electron chi connectivity index (χ4n) is 2.23. The highest BCUT2D eigenvalue weighted by molar-refractivity contribution is 5.61. The molecule has 0 spiro atoms. The molecule has 1 N–H and O–H groups in total. The average molecular weight is 318 g/mol. The van der Waals surface area contributed by atoms with Crippen molar-refractivity contribution in [1.82, 2.24) is 15.1 Å². The van der Waals surface area contributed by atoms with Crippen molar-refractivity contribution >= 4 is 5.95 Å². The molecule has 23 heavy (non-hydrogen) atoms. The molecule has 0 aliphatic carbocycles. The molecule has 0 radical (unpaired) electrons. The molecule has 0 atom stereocenters. The highest BCUT2D eigenvalue weighted by Crippen LogP contribution is 2.32. The molecule has 0 saturated carbocycles. The molecule has 0 unspecified atom stereocenters. The number of aryl methyl sites for hydroxylation is 1. The van der Waals surface area contributed by atoms with Crippen LogP contribution in [0.5, 0.6) is 0 Å². The fourth-order valence-corrected chi connectivity index (χ4v) is 2.23. The van der Waals surface area contributed by atoms with Gasteiger partial charge in [0.25, 0.3) is 0 Å². The zero-order valence-electron chi connectivity index (χ0n) is 14.6. The molecule has 0 aliphatic rings. The van der Waals surface area contributed by atoms with Crippen molar-refractivity contribution in [3.8, 4) is 11.3 Å². The quantitative estimate of drug-likeness (QED) is 0.787. The first-order chi connectivity index (χ1) is 10.9. The first-order valence-electron chi connectivity index (χ1n) is 8.04. The summed E-state index contributed by atoms with van der Waals surface area (Å²) in [4.78, 5) is 9.10. The number of hydrogen-bond acceptors (Lipinski definition) is 6. The van der Waals surface area contributed by atoms with Gasteiger partial charge in [0.05, 0.1) is 17.0 Å². The summed E-state index contributed by atoms with van der Waals surface area (Å²) in [7, 11) is 0. The van der Waals surface area contributed by atoms with E-state index in [1.807, 2.05) is 19.9 Å². The van der Waals surface area contributed by atoms with E-state index >= 15 is 0 Å². The molecule has 2 heterocycles. The van der Waals surface area contributed by atoms with E-state index in [1.165, 1.54) is 0 Å². The van der Waals surface area contributed by atoms with E-state index < -0.39 is 0 Å². The van der Waals surface area contributed by atoms with Gasteiger partial charge < -0.3 is 14.6 Å². The van der Waals surface area contributed by atoms with Crippen LogP contribution in [0, 0.1) is 6.92 Å². The Morgan fingerprint density at radius 1 is 1.30 bits per heavy atom. The fraction of sp³-hybridized carbons (Fsp3) is 0.588. The zero-order chi connectivity index (χ0) is 16.9. The van der Waals surface area contributed by atoms with E-state index in [0.29, 0.717) is 11.7 Å².